The smallest absolute Gasteiger partial charge is 0.393 e. The summed E-state index contributed by atoms with van der Waals surface area (Å²) in [6, 6.07) is -0.893. The molecule has 0 radical (unpaired) electrons. The lowest BCUT2D eigenvalue weighted by atomic mass is 10.0. The topological polar surface area (TPSA) is 151 Å². The van der Waals surface area contributed by atoms with Crippen molar-refractivity contribution >= 4 is 13.7 Å². The second-order valence-corrected chi connectivity index (χ2v) is 15.1. The predicted octanol–water partition coefficient (Wildman–Crippen LogP) is 9.41. The number of unbranched alkanes of at least 4 members (excludes halogenated alkanes) is 21. The van der Waals surface area contributed by atoms with Gasteiger partial charge in [0, 0.05) is 6.54 Å². The van der Waals surface area contributed by atoms with E-state index in [2.05, 4.69) is 31.3 Å². The average molecular weight is 705 g/mol. The molecule has 0 aliphatic heterocycles. The SMILES string of the molecule is CCCCCCCCCC/C=C\CCCCCCCC(O)CC(=O)NC(COP(=O)(O)OCCN)C(O)CCCCCCCCCCC. The Labute approximate surface area is 295 Å². The van der Waals surface area contributed by atoms with Crippen LogP contribution in [0.2, 0.25) is 0 Å². The zero-order valence-electron chi connectivity index (χ0n) is 31.1. The summed E-state index contributed by atoms with van der Waals surface area (Å²) in [5, 5.41) is 24.0. The molecule has 0 aliphatic carbocycles. The van der Waals surface area contributed by atoms with Crippen LogP contribution in [-0.2, 0) is 18.4 Å². The molecule has 286 valence electrons. The Hall–Kier alpha value is -0.800. The number of aliphatic hydroxyl groups is 2. The Bertz CT molecular complexity index is 786. The van der Waals surface area contributed by atoms with Gasteiger partial charge in [-0.1, -0.05) is 154 Å². The van der Waals surface area contributed by atoms with Crippen molar-refractivity contribution in [2.24, 2.45) is 5.73 Å². The van der Waals surface area contributed by atoms with E-state index in [0.717, 1.165) is 44.9 Å². The van der Waals surface area contributed by atoms with Crippen LogP contribution < -0.4 is 11.1 Å². The lowest BCUT2D eigenvalue weighted by Crippen LogP contribution is -2.47. The molecule has 0 aromatic heterocycles. The Kier molecular flexibility index (Phi) is 34.1. The van der Waals surface area contributed by atoms with Gasteiger partial charge >= 0.3 is 7.82 Å². The Morgan fingerprint density at radius 3 is 1.60 bits per heavy atom. The van der Waals surface area contributed by atoms with Crippen LogP contribution in [0.3, 0.4) is 0 Å². The van der Waals surface area contributed by atoms with Gasteiger partial charge in [0.05, 0.1) is 37.9 Å². The molecule has 0 spiro atoms. The molecule has 0 saturated heterocycles. The zero-order chi connectivity index (χ0) is 35.6. The minimum absolute atomic E-state index is 0.0595. The maximum absolute atomic E-state index is 12.7. The first-order valence-corrected chi connectivity index (χ1v) is 21.4. The van der Waals surface area contributed by atoms with Crippen molar-refractivity contribution < 1.29 is 33.5 Å². The van der Waals surface area contributed by atoms with Gasteiger partial charge < -0.3 is 26.2 Å². The van der Waals surface area contributed by atoms with Crippen molar-refractivity contribution in [2.45, 2.75) is 205 Å². The standard InChI is InChI=1S/C38H77N2O7P/c1-3-5-7-9-11-13-14-15-16-17-18-19-20-22-23-25-27-29-35(41)33-38(43)40-36(34-47-48(44,45)46-32-31-39)37(42)30-28-26-24-21-12-10-8-6-4-2/h17-18,35-37,41-42H,3-16,19-34,39H2,1-2H3,(H,40,43)(H,44,45)/b18-17-. The number of nitrogens with two attached hydrogens (primary N) is 1. The molecular weight excluding hydrogens is 627 g/mol. The van der Waals surface area contributed by atoms with E-state index in [1.165, 1.54) is 109 Å². The molecule has 0 bridgehead atoms. The maximum atomic E-state index is 12.7. The third-order valence-corrected chi connectivity index (χ3v) is 9.91. The normalized spacial score (nSPS) is 15.0. The summed E-state index contributed by atoms with van der Waals surface area (Å²) in [6.07, 6.45) is 32.6. The van der Waals surface area contributed by atoms with Crippen LogP contribution in [0.1, 0.15) is 187 Å². The van der Waals surface area contributed by atoms with Crippen molar-refractivity contribution in [1.82, 2.24) is 5.32 Å². The van der Waals surface area contributed by atoms with Crippen molar-refractivity contribution in [1.29, 1.82) is 0 Å². The molecule has 0 aromatic carbocycles. The first-order valence-electron chi connectivity index (χ1n) is 19.9. The van der Waals surface area contributed by atoms with Crippen LogP contribution in [0.5, 0.6) is 0 Å². The maximum Gasteiger partial charge on any atom is 0.472 e. The van der Waals surface area contributed by atoms with Gasteiger partial charge in [0.25, 0.3) is 0 Å². The third kappa shape index (κ3) is 32.4. The number of nitrogens with one attached hydrogen (secondary N) is 1. The minimum Gasteiger partial charge on any atom is -0.393 e. The highest BCUT2D eigenvalue weighted by molar-refractivity contribution is 7.47. The zero-order valence-corrected chi connectivity index (χ0v) is 32.0. The second-order valence-electron chi connectivity index (χ2n) is 13.7. The molecule has 48 heavy (non-hydrogen) atoms. The van der Waals surface area contributed by atoms with Gasteiger partial charge in [0.2, 0.25) is 5.91 Å². The molecule has 1 amide bonds. The lowest BCUT2D eigenvalue weighted by Gasteiger charge is -2.25. The Balaban J connectivity index is 4.25. The van der Waals surface area contributed by atoms with Gasteiger partial charge in [-0.3, -0.25) is 13.8 Å². The molecule has 0 rings (SSSR count). The number of hydrogen-bond acceptors (Lipinski definition) is 7. The number of carbonyl (C=O) groups excluding carboxylic acids is 1. The summed E-state index contributed by atoms with van der Waals surface area (Å²) < 4.78 is 22.0. The molecular formula is C38H77N2O7P. The fourth-order valence-corrected chi connectivity index (χ4v) is 6.64. The minimum atomic E-state index is -4.36. The number of aliphatic hydroxyl groups excluding tert-OH is 2. The quantitative estimate of drug-likeness (QED) is 0.0244. The first kappa shape index (κ1) is 47.2. The largest absolute Gasteiger partial charge is 0.472 e. The Morgan fingerprint density at radius 2 is 1.12 bits per heavy atom. The van der Waals surface area contributed by atoms with Crippen molar-refractivity contribution in [2.75, 3.05) is 19.8 Å². The van der Waals surface area contributed by atoms with Gasteiger partial charge in [-0.25, -0.2) is 4.57 Å². The summed E-state index contributed by atoms with van der Waals surface area (Å²) >= 11 is 0. The number of phosphoric ester groups is 1. The van der Waals surface area contributed by atoms with E-state index < -0.39 is 32.0 Å². The average Bonchev–Trinajstić information content (AvgIpc) is 3.06. The monoisotopic (exact) mass is 705 g/mol. The van der Waals surface area contributed by atoms with Gasteiger partial charge in [-0.05, 0) is 38.5 Å². The molecule has 0 heterocycles. The highest BCUT2D eigenvalue weighted by Crippen LogP contribution is 2.43. The fourth-order valence-electron chi connectivity index (χ4n) is 5.88. The van der Waals surface area contributed by atoms with E-state index in [1.807, 2.05) is 0 Å². The van der Waals surface area contributed by atoms with Gasteiger partial charge in [-0.2, -0.15) is 0 Å². The van der Waals surface area contributed by atoms with Crippen LogP contribution in [0, 0.1) is 0 Å². The highest BCUT2D eigenvalue weighted by atomic mass is 31.2. The molecule has 9 nitrogen and oxygen atoms in total. The Morgan fingerprint density at radius 1 is 0.688 bits per heavy atom. The van der Waals surface area contributed by atoms with E-state index in [4.69, 9.17) is 14.8 Å². The molecule has 10 heteroatoms. The molecule has 6 N–H and O–H groups in total. The van der Waals surface area contributed by atoms with E-state index >= 15 is 0 Å². The van der Waals surface area contributed by atoms with Crippen LogP contribution in [0.25, 0.3) is 0 Å². The van der Waals surface area contributed by atoms with Crippen LogP contribution in [0.15, 0.2) is 12.2 Å². The lowest BCUT2D eigenvalue weighted by molar-refractivity contribution is -0.125. The molecule has 0 aromatic rings. The number of hydrogen-bond donors (Lipinski definition) is 5. The number of phosphoric acid groups is 1. The molecule has 0 fully saturated rings. The van der Waals surface area contributed by atoms with Crippen LogP contribution >= 0.6 is 7.82 Å². The third-order valence-electron chi connectivity index (χ3n) is 8.92. The van der Waals surface area contributed by atoms with Crippen molar-refractivity contribution in [3.8, 4) is 0 Å². The van der Waals surface area contributed by atoms with E-state index in [-0.39, 0.29) is 26.2 Å². The van der Waals surface area contributed by atoms with Crippen molar-refractivity contribution in [3.05, 3.63) is 12.2 Å². The molecule has 4 unspecified atom stereocenters. The van der Waals surface area contributed by atoms with E-state index in [9.17, 15) is 24.5 Å². The summed E-state index contributed by atoms with van der Waals surface area (Å²) in [5.74, 6) is -0.420. The van der Waals surface area contributed by atoms with E-state index in [0.29, 0.717) is 12.8 Å². The first-order chi connectivity index (χ1) is 23.3. The summed E-state index contributed by atoms with van der Waals surface area (Å²) in [4.78, 5) is 22.6. The molecule has 0 aliphatic rings. The van der Waals surface area contributed by atoms with Crippen LogP contribution in [-0.4, -0.2) is 59.0 Å². The van der Waals surface area contributed by atoms with Gasteiger partial charge in [0.15, 0.2) is 0 Å². The molecule has 0 saturated carbocycles. The fraction of sp³-hybridized carbons (Fsp3) is 0.921. The number of rotatable bonds is 37. The van der Waals surface area contributed by atoms with E-state index in [1.54, 1.807) is 0 Å². The van der Waals surface area contributed by atoms with Crippen molar-refractivity contribution in [3.63, 3.8) is 0 Å². The van der Waals surface area contributed by atoms with Crippen LogP contribution in [0.4, 0.5) is 0 Å². The summed E-state index contributed by atoms with van der Waals surface area (Å²) in [5.41, 5.74) is 5.34. The summed E-state index contributed by atoms with van der Waals surface area (Å²) in [6.45, 7) is 4.00. The predicted molar refractivity (Wildman–Crippen MR) is 200 cm³/mol. The number of amides is 1. The second kappa shape index (κ2) is 34.6. The highest BCUT2D eigenvalue weighted by Gasteiger charge is 2.28. The van der Waals surface area contributed by atoms with Gasteiger partial charge in [-0.15, -0.1) is 0 Å². The number of allylic oxidation sites excluding steroid dienone is 2. The summed E-state index contributed by atoms with van der Waals surface area (Å²) in [7, 11) is -4.36. The number of carbonyl (C=O) groups is 1. The molecule has 4 atom stereocenters. The van der Waals surface area contributed by atoms with Gasteiger partial charge in [0.1, 0.15) is 0 Å².